The molecule has 0 saturated carbocycles. The molecule has 5 rings (SSSR count). The first-order chi connectivity index (χ1) is 16.9. The molecular formula is C26H29N7O2. The number of carbonyl (C=O) groups excluding carboxylic acids is 1. The molecule has 3 N–H and O–H groups in total. The summed E-state index contributed by atoms with van der Waals surface area (Å²) in [5.74, 6) is 0.775. The molecule has 1 spiro atoms. The van der Waals surface area contributed by atoms with Crippen LogP contribution in [0, 0.1) is 11.3 Å². The average Bonchev–Trinajstić information content (AvgIpc) is 3.57. The van der Waals surface area contributed by atoms with E-state index in [1.165, 1.54) is 5.69 Å². The first-order valence-electron chi connectivity index (χ1n) is 12.0. The van der Waals surface area contributed by atoms with Gasteiger partial charge in [-0.2, -0.15) is 10.4 Å². The number of anilines is 1. The highest BCUT2D eigenvalue weighted by molar-refractivity contribution is 5.75. The fourth-order valence-electron chi connectivity index (χ4n) is 5.13. The minimum atomic E-state index is -0.309. The number of likely N-dealkylation sites (tertiary alicyclic amines) is 1. The van der Waals surface area contributed by atoms with E-state index in [0.717, 1.165) is 42.8 Å². The number of nitrogen functional groups attached to an aromatic ring is 1. The summed E-state index contributed by atoms with van der Waals surface area (Å²) in [6.45, 7) is 6.76. The van der Waals surface area contributed by atoms with Crippen LogP contribution in [-0.4, -0.2) is 45.3 Å². The Morgan fingerprint density at radius 2 is 2.14 bits per heavy atom. The van der Waals surface area contributed by atoms with E-state index in [2.05, 4.69) is 27.1 Å². The molecule has 180 valence electrons. The number of urea groups is 1. The van der Waals surface area contributed by atoms with E-state index < -0.39 is 0 Å². The van der Waals surface area contributed by atoms with Crippen molar-refractivity contribution in [3.05, 3.63) is 59.4 Å². The van der Waals surface area contributed by atoms with Gasteiger partial charge in [-0.05, 0) is 56.5 Å². The molecule has 1 unspecified atom stereocenters. The third-order valence-corrected chi connectivity index (χ3v) is 7.06. The molecule has 1 fully saturated rings. The maximum Gasteiger partial charge on any atom is 0.317 e. The molecule has 1 saturated heterocycles. The average molecular weight is 472 g/mol. The lowest BCUT2D eigenvalue weighted by atomic mass is 9.82. The van der Waals surface area contributed by atoms with Crippen molar-refractivity contribution in [1.82, 2.24) is 25.0 Å². The van der Waals surface area contributed by atoms with Gasteiger partial charge in [-0.1, -0.05) is 12.1 Å². The number of hydrogen-bond donors (Lipinski definition) is 2. The number of aromatic nitrogens is 3. The molecule has 0 radical (unpaired) electrons. The van der Waals surface area contributed by atoms with E-state index in [0.29, 0.717) is 30.2 Å². The second-order valence-corrected chi connectivity index (χ2v) is 9.28. The van der Waals surface area contributed by atoms with E-state index in [1.54, 1.807) is 12.3 Å². The van der Waals surface area contributed by atoms with Crippen LogP contribution in [0.1, 0.15) is 49.6 Å². The van der Waals surface area contributed by atoms with Gasteiger partial charge in [0.2, 0.25) is 0 Å². The van der Waals surface area contributed by atoms with Gasteiger partial charge in [0.05, 0.1) is 17.3 Å². The molecule has 9 heteroatoms. The highest BCUT2D eigenvalue weighted by Gasteiger charge is 2.46. The summed E-state index contributed by atoms with van der Waals surface area (Å²) < 4.78 is 8.20. The number of rotatable bonds is 5. The summed E-state index contributed by atoms with van der Waals surface area (Å²) in [6.07, 6.45) is 3.32. The fraction of sp³-hybridized carbons (Fsp3) is 0.385. The molecule has 2 aliphatic heterocycles. The normalized spacial score (nSPS) is 19.4. The lowest BCUT2D eigenvalue weighted by Crippen LogP contribution is -2.40. The van der Waals surface area contributed by atoms with Gasteiger partial charge in [-0.15, -0.1) is 0 Å². The van der Waals surface area contributed by atoms with Crippen LogP contribution in [0.15, 0.2) is 42.6 Å². The van der Waals surface area contributed by atoms with Gasteiger partial charge in [0.15, 0.2) is 11.6 Å². The molecule has 1 aromatic carbocycles. The molecule has 3 aromatic rings. The van der Waals surface area contributed by atoms with Crippen molar-refractivity contribution in [3.8, 4) is 23.1 Å². The summed E-state index contributed by atoms with van der Waals surface area (Å²) in [7, 11) is 0. The first kappa shape index (κ1) is 22.7. The minimum absolute atomic E-state index is 0.00140. The van der Waals surface area contributed by atoms with Crippen molar-refractivity contribution in [2.75, 3.05) is 25.4 Å². The summed E-state index contributed by atoms with van der Waals surface area (Å²) in [6, 6.07) is 13.5. The van der Waals surface area contributed by atoms with Crippen LogP contribution >= 0.6 is 0 Å². The summed E-state index contributed by atoms with van der Waals surface area (Å²) in [4.78, 5) is 18.6. The zero-order chi connectivity index (χ0) is 24.6. The third kappa shape index (κ3) is 4.16. The van der Waals surface area contributed by atoms with Gasteiger partial charge in [0, 0.05) is 49.0 Å². The van der Waals surface area contributed by atoms with Crippen molar-refractivity contribution >= 4 is 11.8 Å². The van der Waals surface area contributed by atoms with Crippen molar-refractivity contribution in [2.24, 2.45) is 0 Å². The first-order valence-corrected chi connectivity index (χ1v) is 12.0. The molecule has 2 amide bonds. The van der Waals surface area contributed by atoms with Gasteiger partial charge < -0.3 is 20.7 Å². The van der Waals surface area contributed by atoms with Crippen LogP contribution in [0.3, 0.4) is 0 Å². The lowest BCUT2D eigenvalue weighted by molar-refractivity contribution is 0.206. The lowest BCUT2D eigenvalue weighted by Gasteiger charge is -2.23. The number of nitrogens with one attached hydrogen (secondary N) is 1. The number of hydrogen-bond acceptors (Lipinski definition) is 6. The molecule has 2 aliphatic rings. The number of nitriles is 1. The van der Waals surface area contributed by atoms with E-state index >= 15 is 0 Å². The summed E-state index contributed by atoms with van der Waals surface area (Å²) >= 11 is 0. The highest BCUT2D eigenvalue weighted by Crippen LogP contribution is 2.44. The Balaban J connectivity index is 1.38. The highest BCUT2D eigenvalue weighted by atomic mass is 16.5. The van der Waals surface area contributed by atoms with Crippen LogP contribution in [0.25, 0.3) is 11.3 Å². The Morgan fingerprint density at radius 1 is 1.31 bits per heavy atom. The predicted molar refractivity (Wildman–Crippen MR) is 132 cm³/mol. The molecule has 0 aliphatic carbocycles. The largest absolute Gasteiger partial charge is 0.482 e. The maximum atomic E-state index is 12.4. The molecule has 2 aromatic heterocycles. The van der Waals surface area contributed by atoms with Gasteiger partial charge in [-0.3, -0.25) is 4.68 Å². The minimum Gasteiger partial charge on any atom is -0.482 e. The molecule has 9 nitrogen and oxygen atoms in total. The number of fused-ring (bicyclic) bond motifs is 2. The second-order valence-electron chi connectivity index (χ2n) is 9.28. The van der Waals surface area contributed by atoms with Crippen LogP contribution in [-0.2, 0) is 12.0 Å². The molecule has 35 heavy (non-hydrogen) atoms. The number of nitrogens with zero attached hydrogens (tertiary/aromatic N) is 5. The zero-order valence-electron chi connectivity index (χ0n) is 20.0. The number of amides is 2. The van der Waals surface area contributed by atoms with Crippen LogP contribution in [0.4, 0.5) is 10.6 Å². The molecule has 2 atom stereocenters. The second kappa shape index (κ2) is 8.95. The number of benzene rings is 1. The van der Waals surface area contributed by atoms with Crippen molar-refractivity contribution in [2.45, 2.75) is 44.8 Å². The number of carbonyl (C=O) groups is 1. The monoisotopic (exact) mass is 471 g/mol. The standard InChI is InChI=1S/C26H29N7O2/c1-3-29-25(34)32-9-7-26(16-32)8-10-33-23(26)13-21(31-33)20-12-22(24(28)30-15-20)35-17(2)19-6-4-5-18(11-19)14-27/h4-6,11-13,15,17H,3,7-10,16H2,1-2H3,(H2,28,30)(H,29,34)/t17?,26-/m1/s1. The Hall–Kier alpha value is -4.06. The van der Waals surface area contributed by atoms with Crippen molar-refractivity contribution in [1.29, 1.82) is 5.26 Å². The predicted octanol–water partition coefficient (Wildman–Crippen LogP) is 3.62. The van der Waals surface area contributed by atoms with Crippen LogP contribution in [0.2, 0.25) is 0 Å². The molecule has 0 bridgehead atoms. The van der Waals surface area contributed by atoms with Crippen molar-refractivity contribution in [3.63, 3.8) is 0 Å². The quantitative estimate of drug-likeness (QED) is 0.586. The SMILES string of the molecule is CCNC(=O)N1CC[C@@]2(CCn3nc(-c4cnc(N)c(OC(C)c5cccc(C#N)c5)c4)cc32)C1. The van der Waals surface area contributed by atoms with Gasteiger partial charge in [0.1, 0.15) is 6.10 Å². The Bertz CT molecular complexity index is 1310. The Morgan fingerprint density at radius 3 is 2.94 bits per heavy atom. The van der Waals surface area contributed by atoms with Crippen LogP contribution < -0.4 is 15.8 Å². The van der Waals surface area contributed by atoms with E-state index in [1.807, 2.05) is 43.0 Å². The fourth-order valence-corrected chi connectivity index (χ4v) is 5.13. The van der Waals surface area contributed by atoms with Gasteiger partial charge >= 0.3 is 6.03 Å². The van der Waals surface area contributed by atoms with E-state index in [9.17, 15) is 10.1 Å². The number of nitrogens with two attached hydrogens (primary N) is 1. The van der Waals surface area contributed by atoms with E-state index in [4.69, 9.17) is 15.6 Å². The number of pyridine rings is 1. The van der Waals surface area contributed by atoms with Gasteiger partial charge in [0.25, 0.3) is 0 Å². The Labute approximate surface area is 204 Å². The smallest absolute Gasteiger partial charge is 0.317 e. The molecular weight excluding hydrogens is 442 g/mol. The number of aryl methyl sites for hydroxylation is 1. The molecule has 4 heterocycles. The zero-order valence-corrected chi connectivity index (χ0v) is 20.0. The van der Waals surface area contributed by atoms with Crippen molar-refractivity contribution < 1.29 is 9.53 Å². The van der Waals surface area contributed by atoms with E-state index in [-0.39, 0.29) is 17.6 Å². The summed E-state index contributed by atoms with van der Waals surface area (Å²) in [5.41, 5.74) is 10.3. The van der Waals surface area contributed by atoms with Crippen LogP contribution in [0.5, 0.6) is 5.75 Å². The number of ether oxygens (including phenoxy) is 1. The van der Waals surface area contributed by atoms with Gasteiger partial charge in [-0.25, -0.2) is 9.78 Å². The third-order valence-electron chi connectivity index (χ3n) is 7.06. The maximum absolute atomic E-state index is 12.4. The summed E-state index contributed by atoms with van der Waals surface area (Å²) in [5, 5.41) is 16.9. The Kier molecular flexibility index (Phi) is 5.81. The topological polar surface area (TPSA) is 122 Å².